The number of rotatable bonds is 8. The summed E-state index contributed by atoms with van der Waals surface area (Å²) in [6.45, 7) is 5.41. The highest BCUT2D eigenvalue weighted by Gasteiger charge is 2.19. The van der Waals surface area contributed by atoms with Gasteiger partial charge in [-0.25, -0.2) is 9.97 Å². The Bertz CT molecular complexity index is 1360. The number of ether oxygens (including phenoxy) is 1. The number of aromatic nitrogens is 5. The Labute approximate surface area is 196 Å². The van der Waals surface area contributed by atoms with Gasteiger partial charge in [0.15, 0.2) is 11.5 Å². The maximum absolute atomic E-state index is 12.2. The summed E-state index contributed by atoms with van der Waals surface area (Å²) < 4.78 is 13.1. The molecule has 4 aromatic rings. The molecule has 0 bridgehead atoms. The predicted molar refractivity (Wildman–Crippen MR) is 129 cm³/mol. The van der Waals surface area contributed by atoms with Gasteiger partial charge in [0.25, 0.3) is 17.3 Å². The van der Waals surface area contributed by atoms with Crippen molar-refractivity contribution in [2.45, 2.75) is 26.9 Å². The summed E-state index contributed by atoms with van der Waals surface area (Å²) >= 11 is 0. The van der Waals surface area contributed by atoms with Crippen LogP contribution in [-0.2, 0) is 13.1 Å². The Morgan fingerprint density at radius 3 is 2.71 bits per heavy atom. The van der Waals surface area contributed by atoms with Gasteiger partial charge >= 0.3 is 0 Å². The lowest BCUT2D eigenvalue weighted by atomic mass is 10.1. The molecule has 3 N–H and O–H groups in total. The van der Waals surface area contributed by atoms with Gasteiger partial charge in [-0.15, -0.1) is 10.2 Å². The van der Waals surface area contributed by atoms with E-state index in [0.29, 0.717) is 36.0 Å². The van der Waals surface area contributed by atoms with E-state index in [1.165, 1.54) is 6.07 Å². The molecule has 10 nitrogen and oxygen atoms in total. The zero-order chi connectivity index (χ0) is 24.2. The topological polar surface area (TPSA) is 134 Å². The summed E-state index contributed by atoms with van der Waals surface area (Å²) in [6.07, 6.45) is 3.32. The lowest BCUT2D eigenvalue weighted by Gasteiger charge is -2.11. The maximum Gasteiger partial charge on any atom is 0.270 e. The molecule has 0 amide bonds. The van der Waals surface area contributed by atoms with Crippen molar-refractivity contribution in [1.29, 1.82) is 0 Å². The Balaban J connectivity index is 1.70. The Kier molecular flexibility index (Phi) is 6.69. The lowest BCUT2D eigenvalue weighted by Crippen LogP contribution is -2.21. The van der Waals surface area contributed by atoms with Crippen molar-refractivity contribution in [2.24, 2.45) is 5.92 Å². The Hall–Kier alpha value is -4.05. The highest BCUT2D eigenvalue weighted by atomic mass is 16.5. The second-order valence-corrected chi connectivity index (χ2v) is 8.27. The van der Waals surface area contributed by atoms with Crippen molar-refractivity contribution in [3.63, 3.8) is 0 Å². The summed E-state index contributed by atoms with van der Waals surface area (Å²) in [5.41, 5.74) is 9.27. The molecule has 0 unspecified atom stereocenters. The van der Waals surface area contributed by atoms with Crippen LogP contribution in [0.15, 0.2) is 51.9 Å². The van der Waals surface area contributed by atoms with Crippen LogP contribution >= 0.6 is 0 Å². The number of nitrogens with zero attached hydrogens (tertiary/aromatic N) is 5. The number of nitrogens with one attached hydrogen (secondary N) is 1. The fraction of sp³-hybridized carbons (Fsp3) is 0.292. The molecule has 34 heavy (non-hydrogen) atoms. The first-order chi connectivity index (χ1) is 16.4. The number of nitrogen functional groups attached to an aromatic ring is 1. The molecule has 4 rings (SSSR count). The van der Waals surface area contributed by atoms with E-state index in [-0.39, 0.29) is 28.9 Å². The standard InChI is InChI=1S/C24H27N7O3/c1-14(2)12-31-13-16(6-8-20(31)32)18-11-27-22(25)21(28-18)24-30-29-23(34-24)17-7-5-15(10-26-3)9-19(17)33-4/h5-9,11,13-14,26H,10,12H2,1-4H3,(H2,25,27). The summed E-state index contributed by atoms with van der Waals surface area (Å²) in [5.74, 6) is 1.51. The van der Waals surface area contributed by atoms with Gasteiger partial charge in [0.1, 0.15) is 5.75 Å². The first-order valence-electron chi connectivity index (χ1n) is 10.9. The average molecular weight is 462 g/mol. The summed E-state index contributed by atoms with van der Waals surface area (Å²) in [5, 5.41) is 11.4. The van der Waals surface area contributed by atoms with E-state index in [1.807, 2.05) is 25.2 Å². The van der Waals surface area contributed by atoms with Gasteiger partial charge in [0.05, 0.1) is 24.6 Å². The van der Waals surface area contributed by atoms with Gasteiger partial charge in [0, 0.05) is 30.9 Å². The largest absolute Gasteiger partial charge is 0.496 e. The molecule has 0 spiro atoms. The molecule has 3 aromatic heterocycles. The normalized spacial score (nSPS) is 11.2. The molecule has 0 atom stereocenters. The zero-order valence-electron chi connectivity index (χ0n) is 19.6. The number of pyridine rings is 1. The molecule has 0 saturated heterocycles. The van der Waals surface area contributed by atoms with Gasteiger partial charge in [-0.1, -0.05) is 19.9 Å². The van der Waals surface area contributed by atoms with E-state index >= 15 is 0 Å². The molecular weight excluding hydrogens is 434 g/mol. The van der Waals surface area contributed by atoms with E-state index in [9.17, 15) is 4.79 Å². The number of nitrogens with two attached hydrogens (primary N) is 1. The molecule has 0 aliphatic carbocycles. The van der Waals surface area contributed by atoms with E-state index in [0.717, 1.165) is 11.1 Å². The third-order valence-electron chi connectivity index (χ3n) is 5.15. The van der Waals surface area contributed by atoms with Crippen LogP contribution in [0.25, 0.3) is 34.3 Å². The average Bonchev–Trinajstić information content (AvgIpc) is 3.30. The van der Waals surface area contributed by atoms with Gasteiger partial charge in [-0.3, -0.25) is 4.79 Å². The van der Waals surface area contributed by atoms with Crippen LogP contribution in [0, 0.1) is 5.92 Å². The minimum absolute atomic E-state index is 0.0719. The molecule has 176 valence electrons. The molecular formula is C24H27N7O3. The van der Waals surface area contributed by atoms with Gasteiger partial charge in [0.2, 0.25) is 0 Å². The monoisotopic (exact) mass is 461 g/mol. The number of anilines is 1. The van der Waals surface area contributed by atoms with Crippen LogP contribution in [0.5, 0.6) is 5.75 Å². The minimum atomic E-state index is -0.0719. The zero-order valence-corrected chi connectivity index (χ0v) is 19.6. The lowest BCUT2D eigenvalue weighted by molar-refractivity contribution is 0.413. The van der Waals surface area contributed by atoms with Crippen molar-refractivity contribution in [1.82, 2.24) is 30.0 Å². The third kappa shape index (κ3) is 4.81. The third-order valence-corrected chi connectivity index (χ3v) is 5.15. The van der Waals surface area contributed by atoms with Crippen LogP contribution in [0.1, 0.15) is 19.4 Å². The van der Waals surface area contributed by atoms with Crippen molar-refractivity contribution in [3.8, 4) is 40.0 Å². The molecule has 3 heterocycles. The van der Waals surface area contributed by atoms with Crippen LogP contribution in [0.4, 0.5) is 5.82 Å². The van der Waals surface area contributed by atoms with Gasteiger partial charge < -0.3 is 24.8 Å². The minimum Gasteiger partial charge on any atom is -0.496 e. The number of hydrogen-bond acceptors (Lipinski definition) is 9. The molecule has 0 fully saturated rings. The summed E-state index contributed by atoms with van der Waals surface area (Å²) in [4.78, 5) is 21.1. The summed E-state index contributed by atoms with van der Waals surface area (Å²) in [6, 6.07) is 8.96. The highest BCUT2D eigenvalue weighted by Crippen LogP contribution is 2.33. The molecule has 0 saturated carbocycles. The van der Waals surface area contributed by atoms with Crippen molar-refractivity contribution >= 4 is 5.82 Å². The van der Waals surface area contributed by atoms with Gasteiger partial charge in [-0.2, -0.15) is 0 Å². The van der Waals surface area contributed by atoms with E-state index in [4.69, 9.17) is 14.9 Å². The summed E-state index contributed by atoms with van der Waals surface area (Å²) in [7, 11) is 3.47. The van der Waals surface area contributed by atoms with Crippen molar-refractivity contribution < 1.29 is 9.15 Å². The molecule has 0 aliphatic rings. The number of hydrogen-bond donors (Lipinski definition) is 2. The van der Waals surface area contributed by atoms with Crippen LogP contribution < -0.4 is 21.3 Å². The molecule has 0 radical (unpaired) electrons. The second-order valence-electron chi connectivity index (χ2n) is 8.27. The molecule has 1 aromatic carbocycles. The Morgan fingerprint density at radius 2 is 1.97 bits per heavy atom. The quantitative estimate of drug-likeness (QED) is 0.406. The number of methoxy groups -OCH3 is 1. The van der Waals surface area contributed by atoms with Crippen molar-refractivity contribution in [3.05, 3.63) is 58.6 Å². The maximum atomic E-state index is 12.2. The van der Waals surface area contributed by atoms with E-state index < -0.39 is 0 Å². The van der Waals surface area contributed by atoms with E-state index in [1.54, 1.807) is 30.1 Å². The fourth-order valence-corrected chi connectivity index (χ4v) is 3.57. The van der Waals surface area contributed by atoms with Crippen LogP contribution in [-0.4, -0.2) is 38.9 Å². The highest BCUT2D eigenvalue weighted by molar-refractivity contribution is 5.69. The smallest absolute Gasteiger partial charge is 0.270 e. The number of benzene rings is 1. The first kappa shape index (κ1) is 23.1. The SMILES string of the molecule is CNCc1ccc(-c2nnc(-c3nc(-c4ccc(=O)n(CC(C)C)c4)cnc3N)o2)c(OC)c1. The van der Waals surface area contributed by atoms with E-state index in [2.05, 4.69) is 39.3 Å². The van der Waals surface area contributed by atoms with Gasteiger partial charge in [-0.05, 0) is 36.7 Å². The van der Waals surface area contributed by atoms with Crippen molar-refractivity contribution in [2.75, 3.05) is 19.9 Å². The van der Waals surface area contributed by atoms with Crippen LogP contribution in [0.3, 0.4) is 0 Å². The molecule has 10 heteroatoms. The first-order valence-corrected chi connectivity index (χ1v) is 10.9. The van der Waals surface area contributed by atoms with Crippen LogP contribution in [0.2, 0.25) is 0 Å². The second kappa shape index (κ2) is 9.84. The fourth-order valence-electron chi connectivity index (χ4n) is 3.57. The molecule has 0 aliphatic heterocycles. The Morgan fingerprint density at radius 1 is 1.18 bits per heavy atom. The predicted octanol–water partition coefficient (Wildman–Crippen LogP) is 2.99.